The Bertz CT molecular complexity index is 460. The van der Waals surface area contributed by atoms with Crippen molar-refractivity contribution in [2.24, 2.45) is 5.92 Å². The Morgan fingerprint density at radius 1 is 1.05 bits per heavy atom. The molecule has 108 valence electrons. The first-order valence-electron chi connectivity index (χ1n) is 7.47. The fraction of sp³-hybridized carbons (Fsp3) is 0.562. The number of aromatic hydroxyl groups is 1. The number of ketones is 1. The van der Waals surface area contributed by atoms with Crippen LogP contribution in [0.2, 0.25) is 0 Å². The van der Waals surface area contributed by atoms with Crippen molar-refractivity contribution in [3.05, 3.63) is 29.8 Å². The molecule has 1 aromatic rings. The van der Waals surface area contributed by atoms with E-state index in [1.54, 1.807) is 24.3 Å². The molecule has 2 fully saturated rings. The van der Waals surface area contributed by atoms with Gasteiger partial charge in [-0.3, -0.25) is 9.69 Å². The van der Waals surface area contributed by atoms with Crippen molar-refractivity contribution in [2.75, 3.05) is 39.3 Å². The Hall–Kier alpha value is -1.39. The molecular formula is C16H22N2O2. The zero-order valence-electron chi connectivity index (χ0n) is 11.8. The van der Waals surface area contributed by atoms with Crippen LogP contribution in [0, 0.1) is 5.92 Å². The van der Waals surface area contributed by atoms with Gasteiger partial charge in [0.25, 0.3) is 0 Å². The van der Waals surface area contributed by atoms with E-state index in [-0.39, 0.29) is 11.5 Å². The van der Waals surface area contributed by atoms with Gasteiger partial charge in [0.1, 0.15) is 5.75 Å². The number of rotatable bonds is 5. The smallest absolute Gasteiger partial charge is 0.176 e. The molecule has 20 heavy (non-hydrogen) atoms. The molecule has 1 saturated carbocycles. The van der Waals surface area contributed by atoms with Crippen molar-refractivity contribution in [1.29, 1.82) is 0 Å². The summed E-state index contributed by atoms with van der Waals surface area (Å²) in [6.07, 6.45) is 2.80. The molecule has 1 heterocycles. The summed E-state index contributed by atoms with van der Waals surface area (Å²) in [5.74, 6) is 1.29. The second-order valence-electron chi connectivity index (χ2n) is 5.99. The molecule has 0 aromatic heterocycles. The van der Waals surface area contributed by atoms with Gasteiger partial charge < -0.3 is 10.0 Å². The Balaban J connectivity index is 1.46. The number of phenols is 1. The predicted octanol–water partition coefficient (Wildman–Crippen LogP) is 1.60. The van der Waals surface area contributed by atoms with E-state index < -0.39 is 0 Å². The molecule has 4 heteroatoms. The standard InChI is InChI=1S/C16H22N2O2/c19-15-5-3-14(4-6-15)16(20)12-18-9-7-17(8-10-18)11-13-1-2-13/h3-6,13,19H,1-2,7-12H2. The molecule has 1 N–H and O–H groups in total. The van der Waals surface area contributed by atoms with Gasteiger partial charge in [-0.25, -0.2) is 0 Å². The van der Waals surface area contributed by atoms with Crippen LogP contribution in [0.5, 0.6) is 5.75 Å². The molecule has 2 aliphatic rings. The number of carbonyl (C=O) groups excluding carboxylic acids is 1. The molecule has 1 aromatic carbocycles. The summed E-state index contributed by atoms with van der Waals surface area (Å²) in [5, 5.41) is 9.24. The lowest BCUT2D eigenvalue weighted by atomic mass is 10.1. The van der Waals surface area contributed by atoms with E-state index in [0.717, 1.165) is 32.1 Å². The Kier molecular flexibility index (Phi) is 4.03. The zero-order valence-corrected chi connectivity index (χ0v) is 11.8. The van der Waals surface area contributed by atoms with Crippen LogP contribution in [0.25, 0.3) is 0 Å². The topological polar surface area (TPSA) is 43.8 Å². The van der Waals surface area contributed by atoms with Crippen LogP contribution in [-0.2, 0) is 0 Å². The number of benzene rings is 1. The maximum absolute atomic E-state index is 12.2. The average Bonchev–Trinajstić information content (AvgIpc) is 3.26. The number of hydrogen-bond donors (Lipinski definition) is 1. The summed E-state index contributed by atoms with van der Waals surface area (Å²) in [7, 11) is 0. The minimum Gasteiger partial charge on any atom is -0.508 e. The highest BCUT2D eigenvalue weighted by Crippen LogP contribution is 2.29. The van der Waals surface area contributed by atoms with Gasteiger partial charge in [0, 0.05) is 38.3 Å². The summed E-state index contributed by atoms with van der Waals surface area (Å²) >= 11 is 0. The van der Waals surface area contributed by atoms with E-state index in [0.29, 0.717) is 12.1 Å². The minimum atomic E-state index is 0.139. The number of carbonyl (C=O) groups is 1. The second kappa shape index (κ2) is 5.94. The molecule has 1 aliphatic heterocycles. The average molecular weight is 274 g/mol. The maximum atomic E-state index is 12.2. The van der Waals surface area contributed by atoms with E-state index in [1.165, 1.54) is 19.4 Å². The predicted molar refractivity (Wildman–Crippen MR) is 78.0 cm³/mol. The van der Waals surface area contributed by atoms with Crippen LogP contribution in [0.1, 0.15) is 23.2 Å². The highest BCUT2D eigenvalue weighted by molar-refractivity contribution is 5.97. The lowest BCUT2D eigenvalue weighted by molar-refractivity contribution is 0.0847. The molecule has 3 rings (SSSR count). The molecule has 0 spiro atoms. The third kappa shape index (κ3) is 3.58. The molecule has 0 amide bonds. The summed E-state index contributed by atoms with van der Waals surface area (Å²) in [6.45, 7) is 5.87. The van der Waals surface area contributed by atoms with Crippen LogP contribution in [-0.4, -0.2) is 60.0 Å². The zero-order chi connectivity index (χ0) is 13.9. The van der Waals surface area contributed by atoms with E-state index in [2.05, 4.69) is 9.80 Å². The van der Waals surface area contributed by atoms with Crippen LogP contribution in [0.3, 0.4) is 0 Å². The molecule has 0 unspecified atom stereocenters. The highest BCUT2D eigenvalue weighted by Gasteiger charge is 2.26. The SMILES string of the molecule is O=C(CN1CCN(CC2CC2)CC1)c1ccc(O)cc1. The minimum absolute atomic E-state index is 0.139. The fourth-order valence-electron chi connectivity index (χ4n) is 2.74. The summed E-state index contributed by atoms with van der Waals surface area (Å²) in [4.78, 5) is 16.9. The number of Topliss-reactive ketones (excluding diaryl/α,β-unsaturated/α-hetero) is 1. The molecule has 1 saturated heterocycles. The van der Waals surface area contributed by atoms with Crippen LogP contribution in [0.15, 0.2) is 24.3 Å². The molecule has 0 radical (unpaired) electrons. The normalized spacial score (nSPS) is 21.0. The second-order valence-corrected chi connectivity index (χ2v) is 5.99. The lowest BCUT2D eigenvalue weighted by Gasteiger charge is -2.34. The van der Waals surface area contributed by atoms with Crippen molar-refractivity contribution in [2.45, 2.75) is 12.8 Å². The number of piperazine rings is 1. The Morgan fingerprint density at radius 2 is 1.65 bits per heavy atom. The van der Waals surface area contributed by atoms with Crippen molar-refractivity contribution in [3.8, 4) is 5.75 Å². The largest absolute Gasteiger partial charge is 0.508 e. The molecule has 4 nitrogen and oxygen atoms in total. The van der Waals surface area contributed by atoms with E-state index >= 15 is 0 Å². The lowest BCUT2D eigenvalue weighted by Crippen LogP contribution is -2.48. The molecular weight excluding hydrogens is 252 g/mol. The quantitative estimate of drug-likeness (QED) is 0.828. The van der Waals surface area contributed by atoms with Crippen LogP contribution in [0.4, 0.5) is 0 Å². The van der Waals surface area contributed by atoms with Gasteiger partial charge in [-0.15, -0.1) is 0 Å². The Labute approximate surface area is 120 Å². The van der Waals surface area contributed by atoms with Gasteiger partial charge in [0.05, 0.1) is 6.54 Å². The third-order valence-electron chi connectivity index (χ3n) is 4.23. The maximum Gasteiger partial charge on any atom is 0.176 e. The van der Waals surface area contributed by atoms with Gasteiger partial charge in [-0.2, -0.15) is 0 Å². The van der Waals surface area contributed by atoms with Crippen LogP contribution >= 0.6 is 0 Å². The molecule has 1 aliphatic carbocycles. The first-order valence-corrected chi connectivity index (χ1v) is 7.47. The summed E-state index contributed by atoms with van der Waals surface area (Å²) in [6, 6.07) is 6.53. The fourth-order valence-corrected chi connectivity index (χ4v) is 2.74. The van der Waals surface area contributed by atoms with Gasteiger partial charge in [-0.05, 0) is 43.0 Å². The summed E-state index contributed by atoms with van der Waals surface area (Å²) < 4.78 is 0. The van der Waals surface area contributed by atoms with Crippen molar-refractivity contribution in [3.63, 3.8) is 0 Å². The van der Waals surface area contributed by atoms with E-state index in [9.17, 15) is 9.90 Å². The third-order valence-corrected chi connectivity index (χ3v) is 4.23. The van der Waals surface area contributed by atoms with Crippen molar-refractivity contribution >= 4 is 5.78 Å². The van der Waals surface area contributed by atoms with E-state index in [1.807, 2.05) is 0 Å². The summed E-state index contributed by atoms with van der Waals surface area (Å²) in [5.41, 5.74) is 0.684. The van der Waals surface area contributed by atoms with Gasteiger partial charge in [0.15, 0.2) is 5.78 Å². The monoisotopic (exact) mass is 274 g/mol. The highest BCUT2D eigenvalue weighted by atomic mass is 16.3. The van der Waals surface area contributed by atoms with Gasteiger partial charge in [0.2, 0.25) is 0 Å². The van der Waals surface area contributed by atoms with Crippen molar-refractivity contribution < 1.29 is 9.90 Å². The van der Waals surface area contributed by atoms with Gasteiger partial charge >= 0.3 is 0 Å². The Morgan fingerprint density at radius 3 is 2.25 bits per heavy atom. The number of phenolic OH excluding ortho intramolecular Hbond substituents is 1. The molecule has 0 atom stereocenters. The number of nitrogens with zero attached hydrogens (tertiary/aromatic N) is 2. The van der Waals surface area contributed by atoms with Crippen LogP contribution < -0.4 is 0 Å². The first-order chi connectivity index (χ1) is 9.70. The van der Waals surface area contributed by atoms with E-state index in [4.69, 9.17) is 0 Å². The number of hydrogen-bond acceptors (Lipinski definition) is 4. The first kappa shape index (κ1) is 13.6. The molecule has 0 bridgehead atoms. The van der Waals surface area contributed by atoms with Gasteiger partial charge in [-0.1, -0.05) is 0 Å². The van der Waals surface area contributed by atoms with Crippen molar-refractivity contribution in [1.82, 2.24) is 9.80 Å².